The van der Waals surface area contributed by atoms with Crippen LogP contribution in [0.2, 0.25) is 0 Å². The summed E-state index contributed by atoms with van der Waals surface area (Å²) in [7, 11) is 0. The highest BCUT2D eigenvalue weighted by Crippen LogP contribution is 2.52. The molecule has 0 aromatic heterocycles. The standard InChI is InChI=1S/C52H40/c1-25-17-21-33-22-18-26(2)40-48-30(6)44-37-15-11-12-16-38(37)46-32(8)50-42-28(4)20-24-34-23-19-27(3)41(52(34)42)49(50)31(7)45(46)36-14-10-9-13-35(36)43(44)29(5)47(48)39(25)51(33)40/h9-24H,1-8H3. The molecule has 0 nitrogen and oxygen atoms in total. The highest BCUT2D eigenvalue weighted by molar-refractivity contribution is 6.41. The van der Waals surface area contributed by atoms with Crippen molar-refractivity contribution in [1.82, 2.24) is 0 Å². The molecule has 0 bridgehead atoms. The molecule has 0 fully saturated rings. The van der Waals surface area contributed by atoms with E-state index in [9.17, 15) is 0 Å². The van der Waals surface area contributed by atoms with Crippen LogP contribution in [0.4, 0.5) is 0 Å². The first-order valence-electron chi connectivity index (χ1n) is 18.8. The fourth-order valence-electron chi connectivity index (χ4n) is 11.0. The van der Waals surface area contributed by atoms with Crippen LogP contribution in [-0.2, 0) is 0 Å². The summed E-state index contributed by atoms with van der Waals surface area (Å²) >= 11 is 0. The summed E-state index contributed by atoms with van der Waals surface area (Å²) in [5, 5.41) is 27.7. The minimum absolute atomic E-state index is 1.33. The van der Waals surface area contributed by atoms with Crippen LogP contribution in [0, 0.1) is 55.4 Å². The first-order chi connectivity index (χ1) is 25.2. The lowest BCUT2D eigenvalue weighted by atomic mass is 9.84. The van der Waals surface area contributed by atoms with Gasteiger partial charge in [-0.25, -0.2) is 0 Å². The predicted molar refractivity (Wildman–Crippen MR) is 231 cm³/mol. The largest absolute Gasteiger partial charge is 0.0616 e. The van der Waals surface area contributed by atoms with Crippen LogP contribution >= 0.6 is 0 Å². The van der Waals surface area contributed by atoms with E-state index >= 15 is 0 Å². The number of aryl methyl sites for hydroxylation is 8. The van der Waals surface area contributed by atoms with Gasteiger partial charge in [-0.15, -0.1) is 0 Å². The van der Waals surface area contributed by atoms with Gasteiger partial charge in [-0.2, -0.15) is 0 Å². The molecule has 0 radical (unpaired) electrons. The van der Waals surface area contributed by atoms with E-state index in [2.05, 4.69) is 152 Å². The monoisotopic (exact) mass is 664 g/mol. The van der Waals surface area contributed by atoms with E-state index in [-0.39, 0.29) is 0 Å². The van der Waals surface area contributed by atoms with Crippen molar-refractivity contribution in [2.45, 2.75) is 55.4 Å². The van der Waals surface area contributed by atoms with Crippen molar-refractivity contribution in [3.05, 3.63) is 142 Å². The average molecular weight is 665 g/mol. The van der Waals surface area contributed by atoms with Gasteiger partial charge >= 0.3 is 0 Å². The Labute approximate surface area is 303 Å². The van der Waals surface area contributed by atoms with Crippen molar-refractivity contribution in [3.8, 4) is 0 Å². The lowest BCUT2D eigenvalue weighted by Crippen LogP contribution is -1.93. The van der Waals surface area contributed by atoms with Gasteiger partial charge in [0, 0.05) is 0 Å². The van der Waals surface area contributed by atoms with Gasteiger partial charge in [0.2, 0.25) is 0 Å². The molecule has 0 aliphatic heterocycles. The molecule has 0 saturated carbocycles. The van der Waals surface area contributed by atoms with E-state index in [1.165, 1.54) is 152 Å². The predicted octanol–water partition coefficient (Wildman–Crippen LogP) is 15.1. The molecule has 0 heteroatoms. The molecule has 52 heavy (non-hydrogen) atoms. The molecule has 0 unspecified atom stereocenters. The Morgan fingerprint density at radius 3 is 0.673 bits per heavy atom. The van der Waals surface area contributed by atoms with Gasteiger partial charge < -0.3 is 0 Å². The number of fused-ring (bicyclic) bond motifs is 14. The summed E-state index contributed by atoms with van der Waals surface area (Å²) in [6.07, 6.45) is 0. The Bertz CT molecular complexity index is 3010. The van der Waals surface area contributed by atoms with Crippen molar-refractivity contribution in [1.29, 1.82) is 0 Å². The number of benzene rings is 8. The molecule has 0 aliphatic rings. The highest BCUT2D eigenvalue weighted by Gasteiger charge is 2.26. The van der Waals surface area contributed by atoms with Gasteiger partial charge in [-0.1, -0.05) is 97.1 Å². The third-order valence-electron chi connectivity index (χ3n) is 13.1. The fraction of sp³-hybridized carbons (Fsp3) is 0.154. The minimum atomic E-state index is 1.33. The zero-order chi connectivity index (χ0) is 35.5. The maximum absolute atomic E-state index is 2.41. The third kappa shape index (κ3) is 3.40. The molecule has 0 spiro atoms. The molecule has 0 saturated heterocycles. The Kier molecular flexibility index (Phi) is 5.75. The molecular formula is C52H40. The molecule has 0 atom stereocenters. The first kappa shape index (κ1) is 30.0. The second kappa shape index (κ2) is 9.99. The second-order valence-corrected chi connectivity index (χ2v) is 15.8. The number of hydrogen-bond acceptors (Lipinski definition) is 0. The van der Waals surface area contributed by atoms with Crippen LogP contribution in [-0.4, -0.2) is 0 Å². The Morgan fingerprint density at radius 2 is 0.442 bits per heavy atom. The lowest BCUT2D eigenvalue weighted by molar-refractivity contribution is 1.54. The fourth-order valence-corrected chi connectivity index (χ4v) is 11.0. The van der Waals surface area contributed by atoms with E-state index in [1.54, 1.807) is 0 Å². The molecule has 248 valence electrons. The van der Waals surface area contributed by atoms with Crippen molar-refractivity contribution < 1.29 is 0 Å². The van der Waals surface area contributed by atoms with Gasteiger partial charge in [0.1, 0.15) is 0 Å². The molecule has 11 rings (SSSR count). The van der Waals surface area contributed by atoms with Crippen LogP contribution in [0.25, 0.3) is 108 Å². The van der Waals surface area contributed by atoms with Crippen LogP contribution in [0.15, 0.2) is 97.1 Å². The first-order valence-corrected chi connectivity index (χ1v) is 18.8. The topological polar surface area (TPSA) is 0 Å². The Hall–Kier alpha value is -5.72. The summed E-state index contributed by atoms with van der Waals surface area (Å²) in [5.74, 6) is 0. The van der Waals surface area contributed by atoms with Crippen LogP contribution in [0.5, 0.6) is 0 Å². The lowest BCUT2D eigenvalue weighted by Gasteiger charge is -2.19. The summed E-state index contributed by atoms with van der Waals surface area (Å²) in [6.45, 7) is 18.8. The van der Waals surface area contributed by atoms with Crippen LogP contribution < -0.4 is 0 Å². The number of rotatable bonds is 0. The maximum atomic E-state index is 2.41. The number of hydrogen-bond donors (Lipinski definition) is 0. The molecule has 0 aliphatic carbocycles. The molecule has 11 aromatic rings. The summed E-state index contributed by atoms with van der Waals surface area (Å²) in [4.78, 5) is 0. The molecule has 0 heterocycles. The quantitative estimate of drug-likeness (QED) is 0.151. The van der Waals surface area contributed by atoms with E-state index < -0.39 is 0 Å². The van der Waals surface area contributed by atoms with Crippen molar-refractivity contribution >= 4 is 108 Å². The van der Waals surface area contributed by atoms with Crippen molar-refractivity contribution in [2.24, 2.45) is 0 Å². The Morgan fingerprint density at radius 1 is 0.212 bits per heavy atom. The average Bonchev–Trinajstić information content (AvgIpc) is 3.71. The van der Waals surface area contributed by atoms with E-state index in [1.807, 2.05) is 0 Å². The van der Waals surface area contributed by atoms with Gasteiger partial charge in [-0.05, 0) is 208 Å². The van der Waals surface area contributed by atoms with Gasteiger partial charge in [0.05, 0.1) is 0 Å². The zero-order valence-electron chi connectivity index (χ0n) is 31.2. The highest BCUT2D eigenvalue weighted by atomic mass is 14.3. The van der Waals surface area contributed by atoms with Gasteiger partial charge in [0.15, 0.2) is 0 Å². The molecule has 0 N–H and O–H groups in total. The summed E-state index contributed by atoms with van der Waals surface area (Å²) < 4.78 is 0. The maximum Gasteiger partial charge on any atom is -0.00208 e. The minimum Gasteiger partial charge on any atom is -0.0616 e. The van der Waals surface area contributed by atoms with E-state index in [0.717, 1.165) is 0 Å². The van der Waals surface area contributed by atoms with E-state index in [4.69, 9.17) is 0 Å². The third-order valence-corrected chi connectivity index (χ3v) is 13.1. The summed E-state index contributed by atoms with van der Waals surface area (Å²) in [6, 6.07) is 37.2. The van der Waals surface area contributed by atoms with E-state index in [0.29, 0.717) is 0 Å². The van der Waals surface area contributed by atoms with Crippen molar-refractivity contribution in [3.63, 3.8) is 0 Å². The van der Waals surface area contributed by atoms with Crippen molar-refractivity contribution in [2.75, 3.05) is 0 Å². The van der Waals surface area contributed by atoms with Gasteiger partial charge in [-0.3, -0.25) is 0 Å². The SMILES string of the molecule is Cc1c2c3ccccc3c3c(C)c4c(c(C)c3c3ccccc3c2c(C)c2c1c1c(C)ccc3ccc(C)c2c31)c1c(C)ccc2ccc(C)c4c21. The normalized spacial score (nSPS) is 12.6. The molecule has 0 amide bonds. The van der Waals surface area contributed by atoms with Gasteiger partial charge in [0.25, 0.3) is 0 Å². The zero-order valence-corrected chi connectivity index (χ0v) is 31.2. The smallest absolute Gasteiger partial charge is 0.00208 e. The molecule has 11 aromatic carbocycles. The molecular weight excluding hydrogens is 625 g/mol. The summed E-state index contributed by atoms with van der Waals surface area (Å²) in [5.41, 5.74) is 10.9. The second-order valence-electron chi connectivity index (χ2n) is 15.8. The van der Waals surface area contributed by atoms with Crippen LogP contribution in [0.3, 0.4) is 0 Å². The Balaban J connectivity index is 1.55. The van der Waals surface area contributed by atoms with Crippen LogP contribution in [0.1, 0.15) is 44.5 Å².